The highest BCUT2D eigenvalue weighted by atomic mass is 15.1. The van der Waals surface area contributed by atoms with Crippen LogP contribution in [0.1, 0.15) is 5.82 Å². The molecule has 0 aliphatic carbocycles. The van der Waals surface area contributed by atoms with Gasteiger partial charge in [0.2, 0.25) is 0 Å². The fourth-order valence-electron chi connectivity index (χ4n) is 1.20. The number of fused-ring (bicyclic) bond motifs is 1. The minimum atomic E-state index is 0.484. The van der Waals surface area contributed by atoms with Crippen molar-refractivity contribution in [2.24, 2.45) is 7.05 Å². The maximum Gasteiger partial charge on any atom is 0.183 e. The second kappa shape index (κ2) is 2.17. The highest BCUT2D eigenvalue weighted by molar-refractivity contribution is 5.81. The summed E-state index contributed by atoms with van der Waals surface area (Å²) in [5.41, 5.74) is 7.14. The van der Waals surface area contributed by atoms with Crippen molar-refractivity contribution in [2.45, 2.75) is 6.92 Å². The Labute approximate surface area is 69.3 Å². The first-order chi connectivity index (χ1) is 5.68. The van der Waals surface area contributed by atoms with E-state index in [2.05, 4.69) is 15.0 Å². The van der Waals surface area contributed by atoms with Crippen molar-refractivity contribution in [2.75, 3.05) is 5.73 Å². The predicted octanol–water partition coefficient (Wildman–Crippen LogP) is 0.254. The summed E-state index contributed by atoms with van der Waals surface area (Å²) in [6, 6.07) is 0. The van der Waals surface area contributed by atoms with E-state index in [1.807, 2.05) is 11.6 Å². The zero-order valence-corrected chi connectivity index (χ0v) is 6.94. The molecular formula is C7H9N5. The summed E-state index contributed by atoms with van der Waals surface area (Å²) in [4.78, 5) is 12.2. The second-order valence-electron chi connectivity index (χ2n) is 2.68. The van der Waals surface area contributed by atoms with E-state index in [-0.39, 0.29) is 0 Å². The second-order valence-corrected chi connectivity index (χ2v) is 2.68. The predicted molar refractivity (Wildman–Crippen MR) is 45.5 cm³/mol. The van der Waals surface area contributed by atoms with E-state index in [9.17, 15) is 0 Å². The van der Waals surface area contributed by atoms with E-state index in [1.54, 1.807) is 13.3 Å². The van der Waals surface area contributed by atoms with Crippen LogP contribution in [0.2, 0.25) is 0 Å². The molecule has 2 aromatic rings. The summed E-state index contributed by atoms with van der Waals surface area (Å²) in [5.74, 6) is 1.14. The highest BCUT2D eigenvalue weighted by Crippen LogP contribution is 2.14. The van der Waals surface area contributed by atoms with Gasteiger partial charge in [-0.1, -0.05) is 0 Å². The number of imidazole rings is 1. The lowest BCUT2D eigenvalue weighted by atomic mass is 10.5. The van der Waals surface area contributed by atoms with Gasteiger partial charge < -0.3 is 10.3 Å². The normalized spacial score (nSPS) is 10.8. The summed E-state index contributed by atoms with van der Waals surface area (Å²) in [5, 5.41) is 0. The molecule has 5 heteroatoms. The van der Waals surface area contributed by atoms with Gasteiger partial charge in [-0.25, -0.2) is 15.0 Å². The van der Waals surface area contributed by atoms with E-state index in [0.29, 0.717) is 17.3 Å². The molecule has 0 fully saturated rings. The molecule has 0 saturated carbocycles. The van der Waals surface area contributed by atoms with Crippen LogP contribution in [0, 0.1) is 6.92 Å². The lowest BCUT2D eigenvalue weighted by molar-refractivity contribution is 0.945. The molecule has 0 spiro atoms. The Morgan fingerprint density at radius 2 is 2.17 bits per heavy atom. The van der Waals surface area contributed by atoms with Gasteiger partial charge in [0, 0.05) is 7.05 Å². The third-order valence-electron chi connectivity index (χ3n) is 1.71. The Balaban J connectivity index is 2.93. The number of hydrogen-bond acceptors (Lipinski definition) is 4. The topological polar surface area (TPSA) is 69.6 Å². The molecule has 0 atom stereocenters. The first-order valence-electron chi connectivity index (χ1n) is 3.59. The van der Waals surface area contributed by atoms with Crippen molar-refractivity contribution >= 4 is 17.0 Å². The summed E-state index contributed by atoms with van der Waals surface area (Å²) in [7, 11) is 1.87. The molecule has 0 radical (unpaired) electrons. The fraction of sp³-hybridized carbons (Fsp3) is 0.286. The number of hydrogen-bond donors (Lipinski definition) is 1. The minimum absolute atomic E-state index is 0.484. The maximum atomic E-state index is 5.69. The van der Waals surface area contributed by atoms with E-state index < -0.39 is 0 Å². The number of aromatic nitrogens is 4. The van der Waals surface area contributed by atoms with E-state index in [0.717, 1.165) is 5.52 Å². The molecule has 0 aromatic carbocycles. The Kier molecular flexibility index (Phi) is 1.27. The third kappa shape index (κ3) is 0.827. The van der Waals surface area contributed by atoms with Crippen molar-refractivity contribution in [3.63, 3.8) is 0 Å². The molecule has 0 aliphatic heterocycles. The lowest BCUT2D eigenvalue weighted by Crippen LogP contribution is -1.99. The lowest BCUT2D eigenvalue weighted by Gasteiger charge is -1.98. The van der Waals surface area contributed by atoms with Gasteiger partial charge >= 0.3 is 0 Å². The number of nitrogens with two attached hydrogens (primary N) is 1. The first kappa shape index (κ1) is 7.02. The molecule has 0 amide bonds. The van der Waals surface area contributed by atoms with Crippen molar-refractivity contribution in [3.8, 4) is 0 Å². The van der Waals surface area contributed by atoms with Crippen LogP contribution in [-0.2, 0) is 7.05 Å². The molecule has 5 nitrogen and oxygen atoms in total. The smallest absolute Gasteiger partial charge is 0.183 e. The molecule has 2 aromatic heterocycles. The van der Waals surface area contributed by atoms with Crippen LogP contribution in [0.5, 0.6) is 0 Å². The summed E-state index contributed by atoms with van der Waals surface area (Å²) in [6.07, 6.45) is 1.68. The third-order valence-corrected chi connectivity index (χ3v) is 1.71. The van der Waals surface area contributed by atoms with E-state index in [4.69, 9.17) is 5.73 Å². The standard InChI is InChI=1S/C7H9N5/c1-4-10-6(8)5-7(11-4)9-3-12(5)2/h3H,1-2H3,(H2,8,10,11). The van der Waals surface area contributed by atoms with Crippen LogP contribution in [0.4, 0.5) is 5.82 Å². The van der Waals surface area contributed by atoms with Gasteiger partial charge in [0.25, 0.3) is 0 Å². The maximum absolute atomic E-state index is 5.69. The van der Waals surface area contributed by atoms with Gasteiger partial charge in [0.15, 0.2) is 11.5 Å². The fourth-order valence-corrected chi connectivity index (χ4v) is 1.20. The van der Waals surface area contributed by atoms with Crippen LogP contribution in [-0.4, -0.2) is 19.5 Å². The Morgan fingerprint density at radius 1 is 1.42 bits per heavy atom. The molecular weight excluding hydrogens is 154 g/mol. The highest BCUT2D eigenvalue weighted by Gasteiger charge is 2.06. The van der Waals surface area contributed by atoms with Crippen molar-refractivity contribution in [1.82, 2.24) is 19.5 Å². The Hall–Kier alpha value is -1.65. The number of anilines is 1. The zero-order valence-electron chi connectivity index (χ0n) is 6.94. The minimum Gasteiger partial charge on any atom is -0.382 e. The number of nitrogens with zero attached hydrogens (tertiary/aromatic N) is 4. The van der Waals surface area contributed by atoms with Crippen molar-refractivity contribution in [1.29, 1.82) is 0 Å². The Bertz CT molecular complexity index is 431. The molecule has 2 rings (SSSR count). The molecule has 0 unspecified atom stereocenters. The van der Waals surface area contributed by atoms with Gasteiger partial charge in [-0.15, -0.1) is 0 Å². The van der Waals surface area contributed by atoms with Crippen LogP contribution >= 0.6 is 0 Å². The molecule has 0 bridgehead atoms. The average Bonchev–Trinajstić information content (AvgIpc) is 2.31. The molecule has 0 saturated heterocycles. The summed E-state index contributed by atoms with van der Waals surface area (Å²) >= 11 is 0. The van der Waals surface area contributed by atoms with E-state index in [1.165, 1.54) is 0 Å². The van der Waals surface area contributed by atoms with Gasteiger partial charge in [0.05, 0.1) is 6.33 Å². The van der Waals surface area contributed by atoms with Crippen LogP contribution in [0.25, 0.3) is 11.2 Å². The van der Waals surface area contributed by atoms with Crippen LogP contribution < -0.4 is 5.73 Å². The van der Waals surface area contributed by atoms with Gasteiger partial charge in [0.1, 0.15) is 11.3 Å². The SMILES string of the molecule is Cc1nc(N)c2c(ncn2C)n1. The van der Waals surface area contributed by atoms with Gasteiger partial charge in [-0.05, 0) is 6.92 Å². The van der Waals surface area contributed by atoms with Crippen molar-refractivity contribution < 1.29 is 0 Å². The summed E-state index contributed by atoms with van der Waals surface area (Å²) < 4.78 is 1.81. The molecule has 0 aliphatic rings. The first-order valence-corrected chi connectivity index (χ1v) is 3.59. The van der Waals surface area contributed by atoms with Gasteiger partial charge in [-0.2, -0.15) is 0 Å². The molecule has 12 heavy (non-hydrogen) atoms. The van der Waals surface area contributed by atoms with Crippen LogP contribution in [0.15, 0.2) is 6.33 Å². The molecule has 2 heterocycles. The Morgan fingerprint density at radius 3 is 2.92 bits per heavy atom. The van der Waals surface area contributed by atoms with E-state index >= 15 is 0 Å². The monoisotopic (exact) mass is 163 g/mol. The quantitative estimate of drug-likeness (QED) is 0.604. The number of aryl methyl sites for hydroxylation is 2. The number of nitrogen functional groups attached to an aromatic ring is 1. The van der Waals surface area contributed by atoms with Crippen molar-refractivity contribution in [3.05, 3.63) is 12.2 Å². The molecule has 2 N–H and O–H groups in total. The summed E-state index contributed by atoms with van der Waals surface area (Å²) in [6.45, 7) is 1.80. The largest absolute Gasteiger partial charge is 0.382 e. The molecule has 62 valence electrons. The van der Waals surface area contributed by atoms with Gasteiger partial charge in [-0.3, -0.25) is 0 Å². The zero-order chi connectivity index (χ0) is 8.72. The van der Waals surface area contributed by atoms with Crippen LogP contribution in [0.3, 0.4) is 0 Å². The average molecular weight is 163 g/mol. The number of rotatable bonds is 0.